The van der Waals surface area contributed by atoms with Gasteiger partial charge in [0.25, 0.3) is 11.8 Å². The van der Waals surface area contributed by atoms with E-state index in [0.29, 0.717) is 17.5 Å². The van der Waals surface area contributed by atoms with E-state index in [9.17, 15) is 14.4 Å². The zero-order valence-electron chi connectivity index (χ0n) is 13.3. The Balaban J connectivity index is 1.49. The van der Waals surface area contributed by atoms with Crippen molar-refractivity contribution < 1.29 is 14.4 Å². The van der Waals surface area contributed by atoms with Gasteiger partial charge in [0.05, 0.1) is 16.8 Å². The van der Waals surface area contributed by atoms with Crippen molar-refractivity contribution in [2.24, 2.45) is 0 Å². The Morgan fingerprint density at radius 2 is 1.72 bits per heavy atom. The van der Waals surface area contributed by atoms with Crippen LogP contribution in [0.5, 0.6) is 0 Å². The number of halogens is 1. The molecule has 0 saturated heterocycles. The number of amides is 3. The van der Waals surface area contributed by atoms with Crippen molar-refractivity contribution >= 4 is 39.3 Å². The van der Waals surface area contributed by atoms with Crippen molar-refractivity contribution in [3.05, 3.63) is 64.1 Å². The minimum Gasteiger partial charge on any atom is -0.299 e. The predicted octanol–water partition coefficient (Wildman–Crippen LogP) is 2.97. The van der Waals surface area contributed by atoms with Crippen LogP contribution in [0.3, 0.4) is 0 Å². The highest BCUT2D eigenvalue weighted by Crippen LogP contribution is 2.26. The molecule has 0 fully saturated rings. The van der Waals surface area contributed by atoms with E-state index < -0.39 is 0 Å². The van der Waals surface area contributed by atoms with Crippen LogP contribution < -0.4 is 10.9 Å². The minimum atomic E-state index is -0.316. The number of carbonyl (C=O) groups excluding carboxylic acids is 3. The summed E-state index contributed by atoms with van der Waals surface area (Å²) in [5.41, 5.74) is 6.98. The van der Waals surface area contributed by atoms with Crippen LogP contribution in [0.1, 0.15) is 33.6 Å². The van der Waals surface area contributed by atoms with Gasteiger partial charge in [0.2, 0.25) is 5.91 Å². The summed E-state index contributed by atoms with van der Waals surface area (Å²) < 4.78 is 0.751. The number of fused-ring (bicyclic) bond motifs is 1. The highest BCUT2D eigenvalue weighted by molar-refractivity contribution is 9.10. The van der Waals surface area contributed by atoms with E-state index in [1.165, 1.54) is 4.90 Å². The van der Waals surface area contributed by atoms with Gasteiger partial charge >= 0.3 is 0 Å². The van der Waals surface area contributed by atoms with E-state index in [0.717, 1.165) is 10.2 Å². The highest BCUT2D eigenvalue weighted by atomic mass is 79.9. The van der Waals surface area contributed by atoms with Crippen LogP contribution in [0.4, 0.5) is 5.69 Å². The lowest BCUT2D eigenvalue weighted by molar-refractivity contribution is -0.120. The van der Waals surface area contributed by atoms with E-state index in [4.69, 9.17) is 0 Å². The Kier molecular flexibility index (Phi) is 5.14. The number of para-hydroxylation sites is 1. The van der Waals surface area contributed by atoms with Crippen molar-refractivity contribution in [3.63, 3.8) is 0 Å². The number of rotatable bonds is 6. The Morgan fingerprint density at radius 3 is 2.48 bits per heavy atom. The lowest BCUT2D eigenvalue weighted by Gasteiger charge is -2.13. The molecule has 25 heavy (non-hydrogen) atoms. The SMILES string of the molecule is O=C(CCCN1C(=O)c2ccc(Br)cc2C1=O)NNc1ccccc1. The van der Waals surface area contributed by atoms with Gasteiger partial charge in [-0.3, -0.25) is 30.1 Å². The molecular formula is C18H16BrN3O3. The molecule has 2 aromatic carbocycles. The van der Waals surface area contributed by atoms with Gasteiger partial charge in [-0.2, -0.15) is 0 Å². The first kappa shape index (κ1) is 17.2. The third-order valence-corrected chi connectivity index (χ3v) is 4.33. The molecule has 0 aliphatic carbocycles. The summed E-state index contributed by atoms with van der Waals surface area (Å²) in [6.45, 7) is 0.211. The van der Waals surface area contributed by atoms with Gasteiger partial charge in [-0.05, 0) is 36.8 Å². The molecule has 128 valence electrons. The zero-order valence-corrected chi connectivity index (χ0v) is 14.9. The van der Waals surface area contributed by atoms with Gasteiger partial charge in [0.1, 0.15) is 0 Å². The van der Waals surface area contributed by atoms with Crippen LogP contribution >= 0.6 is 15.9 Å². The second kappa shape index (κ2) is 7.48. The number of carbonyl (C=O) groups is 3. The summed E-state index contributed by atoms with van der Waals surface area (Å²) in [4.78, 5) is 37.6. The molecule has 0 aromatic heterocycles. The lowest BCUT2D eigenvalue weighted by atomic mass is 10.1. The molecule has 0 unspecified atom stereocenters. The van der Waals surface area contributed by atoms with Crippen LogP contribution in [0.25, 0.3) is 0 Å². The molecule has 0 spiro atoms. The quantitative estimate of drug-likeness (QED) is 0.575. The number of benzene rings is 2. The fourth-order valence-corrected chi connectivity index (χ4v) is 2.95. The van der Waals surface area contributed by atoms with Crippen molar-refractivity contribution in [2.45, 2.75) is 12.8 Å². The second-order valence-electron chi connectivity index (χ2n) is 5.59. The molecule has 1 aliphatic rings. The van der Waals surface area contributed by atoms with Crippen LogP contribution in [-0.4, -0.2) is 29.2 Å². The van der Waals surface area contributed by atoms with E-state index in [1.807, 2.05) is 30.3 Å². The van der Waals surface area contributed by atoms with Gasteiger partial charge in [-0.25, -0.2) is 0 Å². The summed E-state index contributed by atoms with van der Waals surface area (Å²) in [7, 11) is 0. The molecule has 2 N–H and O–H groups in total. The number of hydrazine groups is 1. The normalized spacial score (nSPS) is 12.9. The summed E-state index contributed by atoms with van der Waals surface area (Å²) in [5, 5.41) is 0. The molecule has 0 radical (unpaired) electrons. The average molecular weight is 402 g/mol. The first-order chi connectivity index (χ1) is 12.1. The third-order valence-electron chi connectivity index (χ3n) is 3.84. The van der Waals surface area contributed by atoms with Gasteiger partial charge in [0.15, 0.2) is 0 Å². The van der Waals surface area contributed by atoms with E-state index in [-0.39, 0.29) is 30.7 Å². The van der Waals surface area contributed by atoms with Crippen molar-refractivity contribution in [3.8, 4) is 0 Å². The molecular weight excluding hydrogens is 386 g/mol. The zero-order chi connectivity index (χ0) is 17.8. The fourth-order valence-electron chi connectivity index (χ4n) is 2.59. The van der Waals surface area contributed by atoms with E-state index >= 15 is 0 Å². The molecule has 0 atom stereocenters. The summed E-state index contributed by atoms with van der Waals surface area (Å²) in [5.74, 6) is -0.831. The minimum absolute atomic E-state index is 0.205. The molecule has 1 aliphatic heterocycles. The molecule has 0 bridgehead atoms. The maximum atomic E-state index is 12.3. The van der Waals surface area contributed by atoms with Crippen LogP contribution in [0.15, 0.2) is 53.0 Å². The maximum absolute atomic E-state index is 12.3. The first-order valence-corrected chi connectivity index (χ1v) is 8.61. The molecule has 3 rings (SSSR count). The van der Waals surface area contributed by atoms with E-state index in [1.54, 1.807) is 18.2 Å². The van der Waals surface area contributed by atoms with Crippen molar-refractivity contribution in [1.82, 2.24) is 10.3 Å². The third kappa shape index (κ3) is 3.88. The molecule has 6 nitrogen and oxygen atoms in total. The molecule has 0 saturated carbocycles. The fraction of sp³-hybridized carbons (Fsp3) is 0.167. The molecule has 1 heterocycles. The number of hydrogen-bond donors (Lipinski definition) is 2. The van der Waals surface area contributed by atoms with Crippen LogP contribution in [0.2, 0.25) is 0 Å². The standard InChI is InChI=1S/C18H16BrN3O3/c19-12-8-9-14-15(11-12)18(25)22(17(14)24)10-4-7-16(23)21-20-13-5-2-1-3-6-13/h1-3,5-6,8-9,11,20H,4,7,10H2,(H,21,23). The van der Waals surface area contributed by atoms with Crippen LogP contribution in [0, 0.1) is 0 Å². The number of anilines is 1. The Hall–Kier alpha value is -2.67. The highest BCUT2D eigenvalue weighted by Gasteiger charge is 2.35. The Bertz CT molecular complexity index is 824. The summed E-state index contributed by atoms with van der Waals surface area (Å²) >= 11 is 3.30. The largest absolute Gasteiger partial charge is 0.299 e. The number of imide groups is 1. The van der Waals surface area contributed by atoms with Crippen molar-refractivity contribution in [1.29, 1.82) is 0 Å². The predicted molar refractivity (Wildman–Crippen MR) is 97.0 cm³/mol. The molecule has 2 aromatic rings. The topological polar surface area (TPSA) is 78.5 Å². The van der Waals surface area contributed by atoms with Crippen molar-refractivity contribution in [2.75, 3.05) is 12.0 Å². The second-order valence-corrected chi connectivity index (χ2v) is 6.51. The Labute approximate surface area is 153 Å². The van der Waals surface area contributed by atoms with Gasteiger partial charge in [0, 0.05) is 17.4 Å². The van der Waals surface area contributed by atoms with Gasteiger partial charge in [-0.15, -0.1) is 0 Å². The summed E-state index contributed by atoms with van der Waals surface area (Å²) in [6.07, 6.45) is 0.603. The first-order valence-electron chi connectivity index (χ1n) is 7.82. The Morgan fingerprint density at radius 1 is 1.00 bits per heavy atom. The maximum Gasteiger partial charge on any atom is 0.261 e. The summed E-state index contributed by atoms with van der Waals surface area (Å²) in [6, 6.07) is 14.3. The average Bonchev–Trinajstić information content (AvgIpc) is 2.85. The number of nitrogens with zero attached hydrogens (tertiary/aromatic N) is 1. The van der Waals surface area contributed by atoms with E-state index in [2.05, 4.69) is 26.8 Å². The van der Waals surface area contributed by atoms with Crippen LogP contribution in [-0.2, 0) is 4.79 Å². The smallest absolute Gasteiger partial charge is 0.261 e. The molecule has 7 heteroatoms. The van der Waals surface area contributed by atoms with Gasteiger partial charge < -0.3 is 0 Å². The van der Waals surface area contributed by atoms with Gasteiger partial charge in [-0.1, -0.05) is 34.1 Å². The lowest BCUT2D eigenvalue weighted by Crippen LogP contribution is -2.33. The number of hydrogen-bond acceptors (Lipinski definition) is 4. The number of nitrogens with one attached hydrogen (secondary N) is 2. The monoisotopic (exact) mass is 401 g/mol. The molecule has 3 amide bonds.